The summed E-state index contributed by atoms with van der Waals surface area (Å²) in [7, 11) is 0. The second kappa shape index (κ2) is 8.92. The lowest BCUT2D eigenvalue weighted by atomic mass is 9.48. The van der Waals surface area contributed by atoms with Crippen LogP contribution in [0.3, 0.4) is 0 Å². The number of aliphatic hydroxyl groups is 1. The molecule has 0 aromatic rings. The zero-order valence-electron chi connectivity index (χ0n) is 20.8. The molecule has 0 amide bonds. The first-order chi connectivity index (χ1) is 14.3. The van der Waals surface area contributed by atoms with Gasteiger partial charge in [-0.3, -0.25) is 0 Å². The van der Waals surface area contributed by atoms with E-state index in [-0.39, 0.29) is 6.10 Å². The normalized spacial score (nSPS) is 44.6. The average Bonchev–Trinajstić information content (AvgIpc) is 2.83. The van der Waals surface area contributed by atoms with Gasteiger partial charge < -0.3 is 5.11 Å². The van der Waals surface area contributed by atoms with Crippen molar-refractivity contribution in [2.45, 2.75) is 124 Å². The highest BCUT2D eigenvalue weighted by Gasteiger charge is 2.56. The maximum Gasteiger partial charge on any atom is 0.0577 e. The van der Waals surface area contributed by atoms with Gasteiger partial charge in [0.25, 0.3) is 0 Å². The molecule has 0 radical (unpaired) electrons. The minimum Gasteiger partial charge on any atom is -0.393 e. The SMILES string of the molecule is CC[C@H](CCC[C@H]1CC[C@@H]2C[C@H]1CCC1C2(C)CC=C2C[C@@H](O)CC[C@@]21C)C(C)C. The van der Waals surface area contributed by atoms with E-state index in [0.29, 0.717) is 10.8 Å². The van der Waals surface area contributed by atoms with E-state index < -0.39 is 0 Å². The summed E-state index contributed by atoms with van der Waals surface area (Å²) in [5.74, 6) is 5.56. The van der Waals surface area contributed by atoms with Crippen LogP contribution in [0.25, 0.3) is 0 Å². The van der Waals surface area contributed by atoms with Crippen LogP contribution in [0.2, 0.25) is 0 Å². The molecule has 4 aliphatic carbocycles. The van der Waals surface area contributed by atoms with Crippen LogP contribution in [-0.4, -0.2) is 11.2 Å². The first-order valence-corrected chi connectivity index (χ1v) is 13.7. The second-order valence-electron chi connectivity index (χ2n) is 12.8. The molecular weight excluding hydrogens is 364 g/mol. The van der Waals surface area contributed by atoms with Gasteiger partial charge >= 0.3 is 0 Å². The van der Waals surface area contributed by atoms with E-state index >= 15 is 0 Å². The first kappa shape index (κ1) is 22.9. The van der Waals surface area contributed by atoms with Gasteiger partial charge in [0.1, 0.15) is 0 Å². The number of hydrogen-bond acceptors (Lipinski definition) is 1. The highest BCUT2D eigenvalue weighted by atomic mass is 16.3. The van der Waals surface area contributed by atoms with Crippen LogP contribution in [0.1, 0.15) is 118 Å². The highest BCUT2D eigenvalue weighted by Crippen LogP contribution is 2.65. The zero-order chi connectivity index (χ0) is 21.5. The molecule has 1 heteroatoms. The maximum atomic E-state index is 10.3. The van der Waals surface area contributed by atoms with Crippen molar-refractivity contribution in [3.8, 4) is 0 Å². The fourth-order valence-electron chi connectivity index (χ4n) is 8.93. The third-order valence-electron chi connectivity index (χ3n) is 11.1. The molecule has 2 bridgehead atoms. The van der Waals surface area contributed by atoms with E-state index in [1.54, 1.807) is 5.57 Å². The molecule has 8 atom stereocenters. The third-order valence-corrected chi connectivity index (χ3v) is 11.1. The van der Waals surface area contributed by atoms with Gasteiger partial charge in [-0.1, -0.05) is 72.0 Å². The molecule has 0 aromatic carbocycles. The molecule has 0 aromatic heterocycles. The summed E-state index contributed by atoms with van der Waals surface area (Å²) in [5.41, 5.74) is 2.49. The predicted octanol–water partition coefficient (Wildman–Crippen LogP) is 8.17. The van der Waals surface area contributed by atoms with Crippen LogP contribution in [0.15, 0.2) is 11.6 Å². The molecule has 172 valence electrons. The van der Waals surface area contributed by atoms with Crippen molar-refractivity contribution in [2.75, 3.05) is 0 Å². The summed E-state index contributed by atoms with van der Waals surface area (Å²) in [5, 5.41) is 10.3. The Morgan fingerprint density at radius 3 is 2.63 bits per heavy atom. The Hall–Kier alpha value is -0.300. The van der Waals surface area contributed by atoms with Gasteiger partial charge in [-0.2, -0.15) is 0 Å². The van der Waals surface area contributed by atoms with Crippen molar-refractivity contribution >= 4 is 0 Å². The fourth-order valence-corrected chi connectivity index (χ4v) is 8.93. The fraction of sp³-hybridized carbons (Fsp3) is 0.931. The topological polar surface area (TPSA) is 20.2 Å². The molecular formula is C29H50O. The molecule has 4 rings (SSSR count). The minimum absolute atomic E-state index is 0.0825. The van der Waals surface area contributed by atoms with E-state index in [4.69, 9.17) is 0 Å². The van der Waals surface area contributed by atoms with Crippen molar-refractivity contribution in [2.24, 2.45) is 46.3 Å². The van der Waals surface area contributed by atoms with Gasteiger partial charge in [0.15, 0.2) is 0 Å². The van der Waals surface area contributed by atoms with Gasteiger partial charge in [-0.05, 0) is 104 Å². The molecule has 0 heterocycles. The van der Waals surface area contributed by atoms with Crippen LogP contribution in [-0.2, 0) is 0 Å². The smallest absolute Gasteiger partial charge is 0.0577 e. The van der Waals surface area contributed by atoms with Crippen LogP contribution >= 0.6 is 0 Å². The lowest BCUT2D eigenvalue weighted by Gasteiger charge is -2.57. The Morgan fingerprint density at radius 2 is 1.90 bits per heavy atom. The molecule has 3 fully saturated rings. The van der Waals surface area contributed by atoms with E-state index in [1.807, 2.05) is 0 Å². The number of aliphatic hydroxyl groups excluding tert-OH is 1. The second-order valence-corrected chi connectivity index (χ2v) is 12.8. The molecule has 1 nitrogen and oxygen atoms in total. The summed E-state index contributed by atoms with van der Waals surface area (Å²) in [6.07, 6.45) is 20.2. The molecule has 0 aliphatic heterocycles. The number of allylic oxidation sites excluding steroid dienone is 1. The quantitative estimate of drug-likeness (QED) is 0.434. The van der Waals surface area contributed by atoms with Crippen LogP contribution in [0.5, 0.6) is 0 Å². The summed E-state index contributed by atoms with van der Waals surface area (Å²) in [4.78, 5) is 0. The standard InChI is InChI=1S/C29H50O/c1-6-21(20(2)3)8-7-9-22-10-12-24-18-23(22)11-13-27-28(24,4)16-14-25-19-26(30)15-17-29(25,27)5/h14,20-24,26-27,30H,6-13,15-19H2,1-5H3/t21-,22+,23-,24-,26+,27?,28?,29+/m1/s1. The summed E-state index contributed by atoms with van der Waals surface area (Å²) in [6, 6.07) is 0. The lowest BCUT2D eigenvalue weighted by molar-refractivity contribution is -0.0312. The van der Waals surface area contributed by atoms with Crippen LogP contribution in [0.4, 0.5) is 0 Å². The minimum atomic E-state index is -0.0825. The van der Waals surface area contributed by atoms with Crippen molar-refractivity contribution in [1.82, 2.24) is 0 Å². The van der Waals surface area contributed by atoms with E-state index in [0.717, 1.165) is 48.3 Å². The first-order valence-electron chi connectivity index (χ1n) is 13.7. The Balaban J connectivity index is 1.44. The molecule has 3 saturated carbocycles. The highest BCUT2D eigenvalue weighted by molar-refractivity contribution is 5.26. The lowest BCUT2D eigenvalue weighted by Crippen LogP contribution is -2.49. The molecule has 0 spiro atoms. The third kappa shape index (κ3) is 4.06. The van der Waals surface area contributed by atoms with Crippen LogP contribution in [0, 0.1) is 46.3 Å². The maximum absolute atomic E-state index is 10.3. The Morgan fingerprint density at radius 1 is 1.10 bits per heavy atom. The average molecular weight is 415 g/mol. The van der Waals surface area contributed by atoms with Crippen molar-refractivity contribution in [3.05, 3.63) is 11.6 Å². The largest absolute Gasteiger partial charge is 0.393 e. The molecule has 30 heavy (non-hydrogen) atoms. The van der Waals surface area contributed by atoms with Crippen molar-refractivity contribution < 1.29 is 5.11 Å². The molecule has 2 unspecified atom stereocenters. The van der Waals surface area contributed by atoms with Gasteiger partial charge in [-0.25, -0.2) is 0 Å². The van der Waals surface area contributed by atoms with Crippen LogP contribution < -0.4 is 0 Å². The van der Waals surface area contributed by atoms with E-state index in [1.165, 1.54) is 70.6 Å². The number of fused-ring (bicyclic) bond motifs is 6. The number of rotatable bonds is 6. The van der Waals surface area contributed by atoms with E-state index in [9.17, 15) is 5.11 Å². The summed E-state index contributed by atoms with van der Waals surface area (Å²) < 4.78 is 0. The molecule has 1 N–H and O–H groups in total. The van der Waals surface area contributed by atoms with Gasteiger partial charge in [0.2, 0.25) is 0 Å². The van der Waals surface area contributed by atoms with Gasteiger partial charge in [-0.15, -0.1) is 0 Å². The Bertz CT molecular complexity index is 620. The Labute approximate surface area is 187 Å². The van der Waals surface area contributed by atoms with Gasteiger partial charge in [0.05, 0.1) is 6.10 Å². The monoisotopic (exact) mass is 414 g/mol. The van der Waals surface area contributed by atoms with Crippen molar-refractivity contribution in [1.29, 1.82) is 0 Å². The molecule has 0 saturated heterocycles. The predicted molar refractivity (Wildman–Crippen MR) is 128 cm³/mol. The van der Waals surface area contributed by atoms with Crippen molar-refractivity contribution in [3.63, 3.8) is 0 Å². The number of hydrogen-bond donors (Lipinski definition) is 1. The van der Waals surface area contributed by atoms with E-state index in [2.05, 4.69) is 40.7 Å². The zero-order valence-corrected chi connectivity index (χ0v) is 20.8. The summed E-state index contributed by atoms with van der Waals surface area (Å²) >= 11 is 0. The van der Waals surface area contributed by atoms with Gasteiger partial charge in [0, 0.05) is 0 Å². The molecule has 4 aliphatic rings. The summed E-state index contributed by atoms with van der Waals surface area (Å²) in [6.45, 7) is 12.5. The Kier molecular flexibility index (Phi) is 6.80.